The Morgan fingerprint density at radius 3 is 2.14 bits per heavy atom. The van der Waals surface area contributed by atoms with Gasteiger partial charge in [-0.3, -0.25) is 9.10 Å². The minimum absolute atomic E-state index is 0.126. The van der Waals surface area contributed by atoms with Gasteiger partial charge in [0.25, 0.3) is 10.0 Å². The lowest BCUT2D eigenvalue weighted by Crippen LogP contribution is -2.38. The number of benzene rings is 3. The molecule has 1 N–H and O–H groups in total. The number of halogens is 1. The van der Waals surface area contributed by atoms with Crippen LogP contribution in [-0.2, 0) is 14.8 Å². The first-order valence-corrected chi connectivity index (χ1v) is 10.8. The Kier molecular flexibility index (Phi) is 6.16. The van der Waals surface area contributed by atoms with Crippen molar-refractivity contribution < 1.29 is 13.2 Å². The van der Waals surface area contributed by atoms with Crippen LogP contribution in [0.15, 0.2) is 88.2 Å². The minimum Gasteiger partial charge on any atom is -0.325 e. The maximum atomic E-state index is 13.2. The molecule has 7 heteroatoms. The van der Waals surface area contributed by atoms with E-state index in [1.54, 1.807) is 54.6 Å². The summed E-state index contributed by atoms with van der Waals surface area (Å²) in [4.78, 5) is 12.7. The van der Waals surface area contributed by atoms with Crippen LogP contribution in [-0.4, -0.2) is 20.9 Å². The molecule has 3 aromatic rings. The first-order chi connectivity index (χ1) is 13.4. The van der Waals surface area contributed by atoms with Crippen LogP contribution >= 0.6 is 15.9 Å². The Labute approximate surface area is 173 Å². The molecule has 0 unspecified atom stereocenters. The average Bonchev–Trinajstić information content (AvgIpc) is 2.69. The molecule has 0 saturated heterocycles. The number of carbonyl (C=O) groups excluding carboxylic acids is 1. The topological polar surface area (TPSA) is 66.5 Å². The highest BCUT2D eigenvalue weighted by atomic mass is 79.9. The third-order valence-electron chi connectivity index (χ3n) is 4.07. The van der Waals surface area contributed by atoms with Gasteiger partial charge < -0.3 is 5.32 Å². The molecule has 0 heterocycles. The molecule has 0 bridgehead atoms. The van der Waals surface area contributed by atoms with Crippen molar-refractivity contribution in [2.75, 3.05) is 16.2 Å². The van der Waals surface area contributed by atoms with Crippen molar-refractivity contribution in [2.24, 2.45) is 0 Å². The molecule has 0 aliphatic carbocycles. The van der Waals surface area contributed by atoms with Crippen LogP contribution in [0.2, 0.25) is 0 Å². The van der Waals surface area contributed by atoms with Gasteiger partial charge in [0, 0.05) is 10.2 Å². The van der Waals surface area contributed by atoms with Crippen LogP contribution in [0.4, 0.5) is 11.4 Å². The van der Waals surface area contributed by atoms with Crippen molar-refractivity contribution in [2.45, 2.75) is 11.8 Å². The van der Waals surface area contributed by atoms with Crippen LogP contribution in [0.3, 0.4) is 0 Å². The molecular weight excluding hydrogens is 440 g/mol. The van der Waals surface area contributed by atoms with E-state index >= 15 is 0 Å². The van der Waals surface area contributed by atoms with E-state index in [1.165, 1.54) is 12.1 Å². The summed E-state index contributed by atoms with van der Waals surface area (Å²) in [5, 5.41) is 2.75. The van der Waals surface area contributed by atoms with Crippen molar-refractivity contribution in [3.63, 3.8) is 0 Å². The first kappa shape index (κ1) is 20.1. The number of nitrogens with one attached hydrogen (secondary N) is 1. The summed E-state index contributed by atoms with van der Waals surface area (Å²) < 4.78 is 28.3. The number of carbonyl (C=O) groups is 1. The third kappa shape index (κ3) is 4.79. The molecule has 3 rings (SSSR count). The summed E-state index contributed by atoms with van der Waals surface area (Å²) in [7, 11) is -3.90. The van der Waals surface area contributed by atoms with Gasteiger partial charge >= 0.3 is 0 Å². The molecular formula is C21H19BrN2O3S. The molecule has 0 aromatic heterocycles. The maximum absolute atomic E-state index is 13.2. The zero-order chi connectivity index (χ0) is 20.1. The standard InChI is InChI=1S/C21H19BrN2O3S/c1-16-7-11-18(12-8-16)23-21(25)15-24(19-13-9-17(22)10-14-19)28(26,27)20-5-3-2-4-6-20/h2-14H,15H2,1H3,(H,23,25). The highest BCUT2D eigenvalue weighted by Gasteiger charge is 2.27. The second-order valence-corrected chi connectivity index (χ2v) is 8.99. The van der Waals surface area contributed by atoms with Crippen molar-refractivity contribution in [1.29, 1.82) is 0 Å². The van der Waals surface area contributed by atoms with Gasteiger partial charge in [-0.15, -0.1) is 0 Å². The Morgan fingerprint density at radius 1 is 0.929 bits per heavy atom. The van der Waals surface area contributed by atoms with Crippen LogP contribution in [0.1, 0.15) is 5.56 Å². The number of sulfonamides is 1. The molecule has 0 radical (unpaired) electrons. The molecule has 0 spiro atoms. The molecule has 0 atom stereocenters. The van der Waals surface area contributed by atoms with E-state index in [4.69, 9.17) is 0 Å². The summed E-state index contributed by atoms with van der Waals surface area (Å²) in [5.41, 5.74) is 2.09. The Balaban J connectivity index is 1.91. The highest BCUT2D eigenvalue weighted by Crippen LogP contribution is 2.25. The smallest absolute Gasteiger partial charge is 0.264 e. The lowest BCUT2D eigenvalue weighted by molar-refractivity contribution is -0.114. The highest BCUT2D eigenvalue weighted by molar-refractivity contribution is 9.10. The molecule has 5 nitrogen and oxygen atoms in total. The SMILES string of the molecule is Cc1ccc(NC(=O)CN(c2ccc(Br)cc2)S(=O)(=O)c2ccccc2)cc1. The van der Waals surface area contributed by atoms with Crippen molar-refractivity contribution in [1.82, 2.24) is 0 Å². The Bertz CT molecular complexity index is 1050. The predicted molar refractivity (Wildman–Crippen MR) is 115 cm³/mol. The second kappa shape index (κ2) is 8.58. The fraction of sp³-hybridized carbons (Fsp3) is 0.0952. The number of hydrogen-bond acceptors (Lipinski definition) is 3. The quantitative estimate of drug-likeness (QED) is 0.587. The zero-order valence-corrected chi connectivity index (χ0v) is 17.6. The minimum atomic E-state index is -3.90. The van der Waals surface area contributed by atoms with E-state index in [9.17, 15) is 13.2 Å². The molecule has 144 valence electrons. The number of hydrogen-bond donors (Lipinski definition) is 1. The van der Waals surface area contributed by atoms with Gasteiger partial charge in [-0.1, -0.05) is 51.8 Å². The predicted octanol–water partition coefficient (Wildman–Crippen LogP) is 4.59. The summed E-state index contributed by atoms with van der Waals surface area (Å²) in [6.07, 6.45) is 0. The summed E-state index contributed by atoms with van der Waals surface area (Å²) in [6.45, 7) is 1.61. The van der Waals surface area contributed by atoms with Crippen LogP contribution in [0.5, 0.6) is 0 Å². The van der Waals surface area contributed by atoms with E-state index in [-0.39, 0.29) is 11.4 Å². The van der Waals surface area contributed by atoms with Gasteiger partial charge in [0.1, 0.15) is 6.54 Å². The van der Waals surface area contributed by atoms with E-state index in [2.05, 4.69) is 21.2 Å². The van der Waals surface area contributed by atoms with Crippen LogP contribution in [0.25, 0.3) is 0 Å². The Hall–Kier alpha value is -2.64. The Morgan fingerprint density at radius 2 is 1.54 bits per heavy atom. The maximum Gasteiger partial charge on any atom is 0.264 e. The van der Waals surface area contributed by atoms with Gasteiger partial charge in [-0.25, -0.2) is 8.42 Å². The number of nitrogens with zero attached hydrogens (tertiary/aromatic N) is 1. The number of rotatable bonds is 6. The van der Waals surface area contributed by atoms with Gasteiger partial charge in [0.2, 0.25) is 5.91 Å². The molecule has 0 aliphatic rings. The molecule has 1 amide bonds. The number of aryl methyl sites for hydroxylation is 1. The fourth-order valence-electron chi connectivity index (χ4n) is 2.61. The number of anilines is 2. The van der Waals surface area contributed by atoms with Crippen molar-refractivity contribution in [3.05, 3.63) is 88.9 Å². The van der Waals surface area contributed by atoms with Gasteiger partial charge in [-0.2, -0.15) is 0 Å². The van der Waals surface area contributed by atoms with Gasteiger partial charge in [0.05, 0.1) is 10.6 Å². The molecule has 0 fully saturated rings. The summed E-state index contributed by atoms with van der Waals surface area (Å²) in [5.74, 6) is -0.425. The molecule has 0 saturated carbocycles. The summed E-state index contributed by atoms with van der Waals surface area (Å²) >= 11 is 3.34. The molecule has 28 heavy (non-hydrogen) atoms. The normalized spacial score (nSPS) is 11.1. The van der Waals surface area contributed by atoms with E-state index < -0.39 is 15.9 Å². The van der Waals surface area contributed by atoms with E-state index in [0.29, 0.717) is 11.4 Å². The largest absolute Gasteiger partial charge is 0.325 e. The van der Waals surface area contributed by atoms with Crippen LogP contribution < -0.4 is 9.62 Å². The van der Waals surface area contributed by atoms with Gasteiger partial charge in [0.15, 0.2) is 0 Å². The van der Waals surface area contributed by atoms with Crippen molar-refractivity contribution in [3.8, 4) is 0 Å². The summed E-state index contributed by atoms with van der Waals surface area (Å²) in [6, 6.07) is 22.2. The monoisotopic (exact) mass is 458 g/mol. The molecule has 0 aliphatic heterocycles. The third-order valence-corrected chi connectivity index (χ3v) is 6.39. The zero-order valence-electron chi connectivity index (χ0n) is 15.2. The van der Waals surface area contributed by atoms with Crippen molar-refractivity contribution >= 4 is 43.2 Å². The second-order valence-electron chi connectivity index (χ2n) is 6.22. The average molecular weight is 459 g/mol. The van der Waals surface area contributed by atoms with E-state index in [1.807, 2.05) is 19.1 Å². The molecule has 3 aromatic carbocycles. The van der Waals surface area contributed by atoms with E-state index in [0.717, 1.165) is 14.3 Å². The first-order valence-electron chi connectivity index (χ1n) is 8.56. The fourth-order valence-corrected chi connectivity index (χ4v) is 4.32. The lowest BCUT2D eigenvalue weighted by Gasteiger charge is -2.24. The number of amides is 1. The lowest BCUT2D eigenvalue weighted by atomic mass is 10.2. The van der Waals surface area contributed by atoms with Gasteiger partial charge in [-0.05, 0) is 55.5 Å². The van der Waals surface area contributed by atoms with Crippen LogP contribution in [0, 0.1) is 6.92 Å².